The van der Waals surface area contributed by atoms with Crippen LogP contribution < -0.4 is 5.32 Å². The lowest BCUT2D eigenvalue weighted by molar-refractivity contribution is -0.138. The van der Waals surface area contributed by atoms with E-state index < -0.39 is 17.8 Å². The fraction of sp³-hybridized carbons (Fsp3) is 0.214. The molecule has 0 saturated carbocycles. The summed E-state index contributed by atoms with van der Waals surface area (Å²) < 4.78 is 39.1. The number of hydrogen-bond acceptors (Lipinski definition) is 2. The molecule has 0 saturated heterocycles. The summed E-state index contributed by atoms with van der Waals surface area (Å²) in [6, 6.07) is 7.05. The van der Waals surface area contributed by atoms with Gasteiger partial charge in [0.25, 0.3) is 0 Å². The van der Waals surface area contributed by atoms with Crippen LogP contribution in [0, 0.1) is 0 Å². The first kappa shape index (κ1) is 14.8. The number of rotatable bonds is 3. The number of pyridine rings is 1. The highest BCUT2D eigenvalue weighted by molar-refractivity contribution is 6.30. The zero-order valence-corrected chi connectivity index (χ0v) is 11.3. The predicted molar refractivity (Wildman–Crippen MR) is 71.6 cm³/mol. The number of benzene rings is 1. The Bertz CT molecular complexity index is 582. The fourth-order valence-electron chi connectivity index (χ4n) is 2.05. The molecule has 0 spiro atoms. The third-order valence-corrected chi connectivity index (χ3v) is 3.21. The molecule has 0 aliphatic heterocycles. The van der Waals surface area contributed by atoms with Crippen LogP contribution in [0.3, 0.4) is 0 Å². The zero-order valence-electron chi connectivity index (χ0n) is 10.6. The van der Waals surface area contributed by atoms with Gasteiger partial charge in [-0.15, -0.1) is 0 Å². The fourth-order valence-corrected chi connectivity index (χ4v) is 2.18. The van der Waals surface area contributed by atoms with Crippen molar-refractivity contribution in [3.05, 3.63) is 64.4 Å². The summed E-state index contributed by atoms with van der Waals surface area (Å²) in [6.07, 6.45) is -2.04. The standard InChI is InChI=1S/C14H12ClF3N2/c1-19-13(9-2-4-10(15)5-3-9)11-8-20-7-6-12(11)14(16,17)18/h2-8,13,19H,1H3. The van der Waals surface area contributed by atoms with E-state index in [0.29, 0.717) is 10.6 Å². The number of halogens is 4. The first-order valence-corrected chi connectivity index (χ1v) is 6.25. The van der Waals surface area contributed by atoms with E-state index in [-0.39, 0.29) is 5.56 Å². The van der Waals surface area contributed by atoms with Gasteiger partial charge < -0.3 is 5.32 Å². The average Bonchev–Trinajstić information content (AvgIpc) is 2.41. The third-order valence-electron chi connectivity index (χ3n) is 2.96. The zero-order chi connectivity index (χ0) is 14.8. The van der Waals surface area contributed by atoms with Crippen LogP contribution in [0.15, 0.2) is 42.7 Å². The van der Waals surface area contributed by atoms with E-state index in [0.717, 1.165) is 12.3 Å². The van der Waals surface area contributed by atoms with Crippen molar-refractivity contribution in [1.82, 2.24) is 10.3 Å². The number of aromatic nitrogens is 1. The Morgan fingerprint density at radius 1 is 1.15 bits per heavy atom. The molecule has 0 radical (unpaired) electrons. The van der Waals surface area contributed by atoms with Gasteiger partial charge >= 0.3 is 6.18 Å². The molecule has 6 heteroatoms. The normalized spacial score (nSPS) is 13.2. The second kappa shape index (κ2) is 5.81. The molecule has 0 amide bonds. The first-order chi connectivity index (χ1) is 9.43. The average molecular weight is 301 g/mol. The summed E-state index contributed by atoms with van der Waals surface area (Å²) in [4.78, 5) is 3.80. The Morgan fingerprint density at radius 2 is 1.80 bits per heavy atom. The summed E-state index contributed by atoms with van der Waals surface area (Å²) in [7, 11) is 1.60. The lowest BCUT2D eigenvalue weighted by Crippen LogP contribution is -2.22. The lowest BCUT2D eigenvalue weighted by Gasteiger charge is -2.21. The number of nitrogens with zero attached hydrogens (tertiary/aromatic N) is 1. The van der Waals surface area contributed by atoms with Crippen LogP contribution in [0.4, 0.5) is 13.2 Å². The summed E-state index contributed by atoms with van der Waals surface area (Å²) >= 11 is 5.80. The maximum absolute atomic E-state index is 13.0. The van der Waals surface area contributed by atoms with Crippen LogP contribution >= 0.6 is 11.6 Å². The third kappa shape index (κ3) is 3.11. The van der Waals surface area contributed by atoms with Gasteiger partial charge in [0.2, 0.25) is 0 Å². The van der Waals surface area contributed by atoms with Crippen LogP contribution in [0.25, 0.3) is 0 Å². The van der Waals surface area contributed by atoms with Gasteiger partial charge in [0, 0.05) is 23.0 Å². The van der Waals surface area contributed by atoms with Crippen LogP contribution in [0.5, 0.6) is 0 Å². The molecule has 1 aromatic heterocycles. The van der Waals surface area contributed by atoms with Gasteiger partial charge in [-0.1, -0.05) is 23.7 Å². The van der Waals surface area contributed by atoms with E-state index in [1.165, 1.54) is 6.20 Å². The second-order valence-corrected chi connectivity index (χ2v) is 4.67. The van der Waals surface area contributed by atoms with Crippen molar-refractivity contribution in [1.29, 1.82) is 0 Å². The number of nitrogens with one attached hydrogen (secondary N) is 1. The Balaban J connectivity index is 2.50. The largest absolute Gasteiger partial charge is 0.416 e. The van der Waals surface area contributed by atoms with Gasteiger partial charge in [0.05, 0.1) is 11.6 Å². The number of hydrogen-bond donors (Lipinski definition) is 1. The van der Waals surface area contributed by atoms with Gasteiger partial charge in [-0.2, -0.15) is 13.2 Å². The van der Waals surface area contributed by atoms with Crippen LogP contribution in [0.1, 0.15) is 22.7 Å². The molecule has 2 nitrogen and oxygen atoms in total. The van der Waals surface area contributed by atoms with E-state index in [2.05, 4.69) is 10.3 Å². The molecule has 106 valence electrons. The van der Waals surface area contributed by atoms with E-state index in [4.69, 9.17) is 11.6 Å². The van der Waals surface area contributed by atoms with Crippen molar-refractivity contribution in [2.75, 3.05) is 7.05 Å². The van der Waals surface area contributed by atoms with Crippen molar-refractivity contribution in [3.8, 4) is 0 Å². The molecule has 1 heterocycles. The van der Waals surface area contributed by atoms with Crippen molar-refractivity contribution in [2.24, 2.45) is 0 Å². The van der Waals surface area contributed by atoms with Crippen molar-refractivity contribution < 1.29 is 13.2 Å². The van der Waals surface area contributed by atoms with Crippen molar-refractivity contribution >= 4 is 11.6 Å². The highest BCUT2D eigenvalue weighted by atomic mass is 35.5. The molecule has 20 heavy (non-hydrogen) atoms. The summed E-state index contributed by atoms with van der Waals surface area (Å²) in [5.74, 6) is 0. The van der Waals surface area contributed by atoms with E-state index in [1.54, 1.807) is 31.3 Å². The summed E-state index contributed by atoms with van der Waals surface area (Å²) in [5.41, 5.74) is 0.0852. The first-order valence-electron chi connectivity index (χ1n) is 5.87. The summed E-state index contributed by atoms with van der Waals surface area (Å²) in [5, 5.41) is 3.42. The minimum atomic E-state index is -4.42. The van der Waals surface area contributed by atoms with Crippen molar-refractivity contribution in [2.45, 2.75) is 12.2 Å². The lowest BCUT2D eigenvalue weighted by atomic mass is 9.96. The highest BCUT2D eigenvalue weighted by Gasteiger charge is 2.35. The maximum Gasteiger partial charge on any atom is 0.416 e. The van der Waals surface area contributed by atoms with Crippen LogP contribution in [-0.4, -0.2) is 12.0 Å². The molecule has 1 N–H and O–H groups in total. The molecular weight excluding hydrogens is 289 g/mol. The molecule has 0 aliphatic rings. The minimum absolute atomic E-state index is 0.0878. The molecule has 0 bridgehead atoms. The quantitative estimate of drug-likeness (QED) is 0.924. The topological polar surface area (TPSA) is 24.9 Å². The molecule has 0 fully saturated rings. The van der Waals surface area contributed by atoms with Crippen LogP contribution in [-0.2, 0) is 6.18 Å². The highest BCUT2D eigenvalue weighted by Crippen LogP contribution is 2.36. The minimum Gasteiger partial charge on any atom is -0.309 e. The predicted octanol–water partition coefficient (Wildman–Crippen LogP) is 4.06. The SMILES string of the molecule is CNC(c1ccc(Cl)cc1)c1cnccc1C(F)(F)F. The Kier molecular flexibility index (Phi) is 4.30. The Labute approximate surface area is 119 Å². The molecule has 1 aromatic carbocycles. The monoisotopic (exact) mass is 300 g/mol. The van der Waals surface area contributed by atoms with Gasteiger partial charge in [-0.25, -0.2) is 0 Å². The van der Waals surface area contributed by atoms with Gasteiger partial charge in [-0.05, 0) is 30.8 Å². The summed E-state index contributed by atoms with van der Waals surface area (Å²) in [6.45, 7) is 0. The molecular formula is C14H12ClF3N2. The molecule has 0 aliphatic carbocycles. The van der Waals surface area contributed by atoms with Gasteiger partial charge in [0.1, 0.15) is 0 Å². The maximum atomic E-state index is 13.0. The van der Waals surface area contributed by atoms with Gasteiger partial charge in [0.15, 0.2) is 0 Å². The molecule has 1 unspecified atom stereocenters. The van der Waals surface area contributed by atoms with E-state index in [9.17, 15) is 13.2 Å². The number of alkyl halides is 3. The molecule has 1 atom stereocenters. The molecule has 2 rings (SSSR count). The Hall–Kier alpha value is -1.59. The van der Waals surface area contributed by atoms with Gasteiger partial charge in [-0.3, -0.25) is 4.98 Å². The van der Waals surface area contributed by atoms with Crippen molar-refractivity contribution in [3.63, 3.8) is 0 Å². The van der Waals surface area contributed by atoms with Crippen LogP contribution in [0.2, 0.25) is 5.02 Å². The smallest absolute Gasteiger partial charge is 0.309 e. The van der Waals surface area contributed by atoms with E-state index >= 15 is 0 Å². The second-order valence-electron chi connectivity index (χ2n) is 4.23. The van der Waals surface area contributed by atoms with E-state index in [1.807, 2.05) is 0 Å². The molecule has 2 aromatic rings. The Morgan fingerprint density at radius 3 is 2.35 bits per heavy atom.